The van der Waals surface area contributed by atoms with Gasteiger partial charge in [-0.15, -0.1) is 0 Å². The molecular weight excluding hydrogens is 572 g/mol. The van der Waals surface area contributed by atoms with Crippen molar-refractivity contribution in [3.8, 4) is 5.75 Å². The first-order valence-corrected chi connectivity index (χ1v) is 22.6. The van der Waals surface area contributed by atoms with Crippen molar-refractivity contribution in [2.24, 2.45) is 5.14 Å². The number of benzene rings is 1. The van der Waals surface area contributed by atoms with Gasteiger partial charge >= 0.3 is 215 Å². The summed E-state index contributed by atoms with van der Waals surface area (Å²) < 4.78 is 53.1. The van der Waals surface area contributed by atoms with Crippen LogP contribution in [0.1, 0.15) is 33.3 Å². The maximum atomic E-state index is 11.9. The van der Waals surface area contributed by atoms with Crippen LogP contribution in [0.5, 0.6) is 5.75 Å². The molecule has 0 aromatic heterocycles. The number of hydrogen-bond donors (Lipinski definition) is 1. The van der Waals surface area contributed by atoms with Crippen LogP contribution in [0.25, 0.3) is 5.57 Å². The van der Waals surface area contributed by atoms with Crippen LogP contribution in [-0.4, -0.2) is 73.7 Å². The van der Waals surface area contributed by atoms with E-state index in [0.717, 1.165) is 11.6 Å². The second-order valence-electron chi connectivity index (χ2n) is 11.2. The Morgan fingerprint density at radius 3 is 2.29 bits per heavy atom. The molecule has 1 aromatic rings. The molecule has 2 heterocycles. The number of rotatable bonds is 9. The summed E-state index contributed by atoms with van der Waals surface area (Å²) in [5, 5.41) is 5.37. The number of ether oxygens (including phenoxy) is 2. The standard InChI is InChI=1S/C12H26BO3Si.C11H11NO3S.In/c1-11(2)12(3,4)16-13(15-11)10-14-8-9-17(5,6)7;1-4-8(2)10-7-9(16(12,13)14)5-6-11(10)15-3;/h10H,8-9H2,1-7H3;1-2,4-7H,3H3,(H2,12,13,14);. The summed E-state index contributed by atoms with van der Waals surface area (Å²) in [7, 11) is -3.96. The Balaban J connectivity index is 1.93. The monoisotopic (exact) mass is 609 g/mol. The minimum atomic E-state index is -3.83. The first-order chi connectivity index (χ1) is 15.5. The fourth-order valence-electron chi connectivity index (χ4n) is 3.90. The minimum absolute atomic E-state index is 0.0603. The van der Waals surface area contributed by atoms with E-state index in [1.807, 2.05) is 6.08 Å². The molecule has 0 spiro atoms. The van der Waals surface area contributed by atoms with E-state index in [1.165, 1.54) is 6.07 Å². The van der Waals surface area contributed by atoms with Crippen LogP contribution in [0.15, 0.2) is 36.8 Å². The summed E-state index contributed by atoms with van der Waals surface area (Å²) in [6.45, 7) is 15.9. The van der Waals surface area contributed by atoms with Gasteiger partial charge in [0.1, 0.15) is 0 Å². The third-order valence-electron chi connectivity index (χ3n) is 6.76. The molecule has 0 aliphatic carbocycles. The van der Waals surface area contributed by atoms with E-state index in [-0.39, 0.29) is 8.66 Å². The van der Waals surface area contributed by atoms with Crippen molar-refractivity contribution in [1.29, 1.82) is 0 Å². The molecule has 1 atom stereocenters. The summed E-state index contributed by atoms with van der Waals surface area (Å²) in [4.78, 5) is 0.0603. The Morgan fingerprint density at radius 1 is 1.15 bits per heavy atom. The normalized spacial score (nSPS) is 20.6. The Bertz CT molecular complexity index is 1070. The van der Waals surface area contributed by atoms with Gasteiger partial charge < -0.3 is 0 Å². The molecule has 2 aliphatic heterocycles. The van der Waals surface area contributed by atoms with Crippen molar-refractivity contribution in [1.82, 2.24) is 0 Å². The van der Waals surface area contributed by atoms with Gasteiger partial charge in [-0.25, -0.2) is 0 Å². The number of primary sulfonamides is 1. The molecular formula is C23H37BInNO6SSi. The number of hydrogen-bond acceptors (Lipinski definition) is 6. The molecule has 7 nitrogen and oxygen atoms in total. The van der Waals surface area contributed by atoms with Crippen molar-refractivity contribution in [3.63, 3.8) is 0 Å². The van der Waals surface area contributed by atoms with Gasteiger partial charge in [0.05, 0.1) is 0 Å². The van der Waals surface area contributed by atoms with Gasteiger partial charge in [-0.1, -0.05) is 0 Å². The van der Waals surface area contributed by atoms with Crippen LogP contribution >= 0.6 is 0 Å². The predicted molar refractivity (Wildman–Crippen MR) is 141 cm³/mol. The topological polar surface area (TPSA) is 97.1 Å². The Morgan fingerprint density at radius 2 is 1.76 bits per heavy atom. The van der Waals surface area contributed by atoms with Crippen molar-refractivity contribution in [3.05, 3.63) is 37.5 Å². The first kappa shape index (κ1) is 28.0. The van der Waals surface area contributed by atoms with Crippen LogP contribution in [0, 0.1) is 0 Å². The molecule has 186 valence electrons. The molecule has 11 heteroatoms. The van der Waals surface area contributed by atoms with Crippen molar-refractivity contribution >= 4 is 52.2 Å². The van der Waals surface area contributed by atoms with Gasteiger partial charge in [-0.3, -0.25) is 0 Å². The van der Waals surface area contributed by atoms with Crippen molar-refractivity contribution in [2.75, 3.05) is 13.7 Å². The van der Waals surface area contributed by atoms with Gasteiger partial charge in [0.25, 0.3) is 0 Å². The van der Waals surface area contributed by atoms with Gasteiger partial charge in [0, 0.05) is 0 Å². The summed E-state index contributed by atoms with van der Waals surface area (Å²) in [6.07, 6.45) is 2.05. The summed E-state index contributed by atoms with van der Waals surface area (Å²) >= 11 is -2.67. The van der Waals surface area contributed by atoms with E-state index >= 15 is 0 Å². The summed E-state index contributed by atoms with van der Waals surface area (Å²) in [6, 6.07) is 5.74. The average molecular weight is 609 g/mol. The zero-order valence-electron chi connectivity index (χ0n) is 21.5. The van der Waals surface area contributed by atoms with E-state index < -0.39 is 57.9 Å². The van der Waals surface area contributed by atoms with E-state index in [4.69, 9.17) is 23.9 Å². The van der Waals surface area contributed by atoms with Crippen molar-refractivity contribution in [2.45, 2.75) is 73.2 Å². The zero-order chi connectivity index (χ0) is 25.5. The predicted octanol–water partition coefficient (Wildman–Crippen LogP) is 3.76. The Hall–Kier alpha value is -0.558. The van der Waals surface area contributed by atoms with Crippen LogP contribution in [0.3, 0.4) is 0 Å². The van der Waals surface area contributed by atoms with Crippen LogP contribution in [-0.2, 0) is 24.1 Å². The van der Waals surface area contributed by atoms with Crippen LogP contribution in [0.2, 0.25) is 25.7 Å². The van der Waals surface area contributed by atoms with Crippen LogP contribution in [0.4, 0.5) is 0 Å². The van der Waals surface area contributed by atoms with E-state index in [0.29, 0.717) is 17.9 Å². The zero-order valence-corrected chi connectivity index (χ0v) is 26.7. The molecule has 0 bridgehead atoms. The molecule has 0 amide bonds. The number of methoxy groups -OCH3 is 1. The number of allylic oxidation sites excluding steroid dienone is 2. The quantitative estimate of drug-likeness (QED) is 0.429. The molecule has 2 N–H and O–H groups in total. The third-order valence-corrected chi connectivity index (χ3v) is 16.9. The van der Waals surface area contributed by atoms with Crippen LogP contribution < -0.4 is 9.88 Å². The molecule has 0 saturated carbocycles. The molecule has 1 fully saturated rings. The average Bonchev–Trinajstić information content (AvgIpc) is 3.25. The molecule has 3 rings (SSSR count). The Labute approximate surface area is 213 Å². The number of sulfonamides is 1. The van der Waals surface area contributed by atoms with Gasteiger partial charge in [0.2, 0.25) is 0 Å². The fraction of sp³-hybridized carbons (Fsp3) is 0.565. The van der Waals surface area contributed by atoms with Gasteiger partial charge in [-0.2, -0.15) is 0 Å². The summed E-state index contributed by atoms with van der Waals surface area (Å²) in [5.74, 6) is 0.599. The SMILES string of the molecule is COc1ccc(S(N)(=O)=O)cc1C1=[CH][In]([CH](OCC[Si](C)(C)C)B2OC(C)(C)C(C)(C)O2)[CH]=C1. The van der Waals surface area contributed by atoms with E-state index in [1.54, 1.807) is 19.2 Å². The molecule has 2 aliphatic rings. The van der Waals surface area contributed by atoms with Crippen molar-refractivity contribution < 1.29 is 27.2 Å². The first-order valence-electron chi connectivity index (χ1n) is 11.6. The third kappa shape index (κ3) is 6.41. The summed E-state index contributed by atoms with van der Waals surface area (Å²) in [5.41, 5.74) is 0.759. The number of nitrogens with two attached hydrogens (primary N) is 1. The molecule has 1 aromatic carbocycles. The maximum absolute atomic E-state index is 11.9. The second kappa shape index (κ2) is 10.1. The van der Waals surface area contributed by atoms with E-state index in [2.05, 4.69) is 55.0 Å². The Kier molecular flexibility index (Phi) is 8.30. The molecule has 0 radical (unpaired) electrons. The molecule has 1 unspecified atom stereocenters. The second-order valence-corrected chi connectivity index (χ2v) is 25.6. The fourth-order valence-corrected chi connectivity index (χ4v) is 12.4. The van der Waals surface area contributed by atoms with Gasteiger partial charge in [-0.05, 0) is 0 Å². The van der Waals surface area contributed by atoms with Gasteiger partial charge in [0.15, 0.2) is 0 Å². The molecule has 1 saturated heterocycles. The molecule has 34 heavy (non-hydrogen) atoms. The van der Waals surface area contributed by atoms with E-state index in [9.17, 15) is 8.42 Å².